The van der Waals surface area contributed by atoms with Crippen LogP contribution in [0.5, 0.6) is 0 Å². The molecule has 0 aliphatic carbocycles. The first-order chi connectivity index (χ1) is 8.06. The first-order valence-corrected chi connectivity index (χ1v) is 7.87. The average molecular weight is 276 g/mol. The van der Waals surface area contributed by atoms with Crippen molar-refractivity contribution in [2.75, 3.05) is 31.2 Å². The molecule has 0 radical (unpaired) electrons. The van der Waals surface area contributed by atoms with E-state index in [1.54, 1.807) is 6.07 Å². The molecule has 2 rings (SSSR count). The predicted molar refractivity (Wildman–Crippen MR) is 68.0 cm³/mol. The summed E-state index contributed by atoms with van der Waals surface area (Å²) < 4.78 is 27.6. The van der Waals surface area contributed by atoms with Gasteiger partial charge in [-0.25, -0.2) is 8.42 Å². The Morgan fingerprint density at radius 1 is 1.24 bits per heavy atom. The molecule has 0 atom stereocenters. The molecule has 17 heavy (non-hydrogen) atoms. The van der Waals surface area contributed by atoms with Crippen molar-refractivity contribution < 1.29 is 13.2 Å². The Balaban J connectivity index is 2.26. The van der Waals surface area contributed by atoms with Crippen LogP contribution in [0, 0.1) is 0 Å². The SMILES string of the molecule is O=S(=O)(Cl)Cc1ccccc1N1CCOCC1. The molecule has 94 valence electrons. The molecule has 4 nitrogen and oxygen atoms in total. The number of nitrogens with zero attached hydrogens (tertiary/aromatic N) is 1. The fraction of sp³-hybridized carbons (Fsp3) is 0.455. The standard InChI is InChI=1S/C11H14ClNO3S/c12-17(14,15)9-10-3-1-2-4-11(10)13-5-7-16-8-6-13/h1-4H,5-9H2. The van der Waals surface area contributed by atoms with Gasteiger partial charge in [0.2, 0.25) is 9.05 Å². The molecule has 1 aromatic carbocycles. The minimum absolute atomic E-state index is 0.137. The van der Waals surface area contributed by atoms with E-state index in [0.29, 0.717) is 13.2 Å². The van der Waals surface area contributed by atoms with Crippen LogP contribution in [0.3, 0.4) is 0 Å². The van der Waals surface area contributed by atoms with E-state index in [9.17, 15) is 8.42 Å². The second-order valence-electron chi connectivity index (χ2n) is 3.91. The maximum atomic E-state index is 11.2. The van der Waals surface area contributed by atoms with Crippen LogP contribution < -0.4 is 4.90 Å². The minimum atomic E-state index is -3.52. The molecule has 1 aliphatic heterocycles. The maximum absolute atomic E-state index is 11.2. The number of para-hydroxylation sites is 1. The van der Waals surface area contributed by atoms with E-state index in [1.165, 1.54) is 0 Å². The lowest BCUT2D eigenvalue weighted by Crippen LogP contribution is -2.36. The molecule has 0 bridgehead atoms. The van der Waals surface area contributed by atoms with Gasteiger partial charge in [-0.2, -0.15) is 0 Å². The van der Waals surface area contributed by atoms with Gasteiger partial charge >= 0.3 is 0 Å². The van der Waals surface area contributed by atoms with E-state index in [0.717, 1.165) is 24.3 Å². The van der Waals surface area contributed by atoms with Crippen LogP contribution in [0.25, 0.3) is 0 Å². The summed E-state index contributed by atoms with van der Waals surface area (Å²) in [5.74, 6) is -0.137. The monoisotopic (exact) mass is 275 g/mol. The van der Waals surface area contributed by atoms with Gasteiger partial charge in [-0.15, -0.1) is 0 Å². The molecule has 0 spiro atoms. The third-order valence-corrected chi connectivity index (χ3v) is 3.65. The van der Waals surface area contributed by atoms with E-state index in [2.05, 4.69) is 4.90 Å². The van der Waals surface area contributed by atoms with Crippen molar-refractivity contribution in [2.45, 2.75) is 5.75 Å². The van der Waals surface area contributed by atoms with Gasteiger partial charge in [0.05, 0.1) is 19.0 Å². The second-order valence-corrected chi connectivity index (χ2v) is 6.69. The molecule has 0 unspecified atom stereocenters. The van der Waals surface area contributed by atoms with Gasteiger partial charge in [-0.05, 0) is 11.6 Å². The Kier molecular flexibility index (Phi) is 3.91. The van der Waals surface area contributed by atoms with Crippen molar-refractivity contribution in [3.63, 3.8) is 0 Å². The van der Waals surface area contributed by atoms with Crippen molar-refractivity contribution in [3.8, 4) is 0 Å². The van der Waals surface area contributed by atoms with Crippen molar-refractivity contribution in [1.82, 2.24) is 0 Å². The Hall–Kier alpha value is -0.780. The van der Waals surface area contributed by atoms with Gasteiger partial charge in [0.15, 0.2) is 0 Å². The number of morpholine rings is 1. The van der Waals surface area contributed by atoms with Gasteiger partial charge < -0.3 is 9.64 Å². The first-order valence-electron chi connectivity index (χ1n) is 5.39. The quantitative estimate of drug-likeness (QED) is 0.786. The van der Waals surface area contributed by atoms with Crippen LogP contribution in [0.2, 0.25) is 0 Å². The molecule has 0 aromatic heterocycles. The van der Waals surface area contributed by atoms with Crippen LogP contribution in [0.15, 0.2) is 24.3 Å². The van der Waals surface area contributed by atoms with Crippen LogP contribution in [0.1, 0.15) is 5.56 Å². The number of rotatable bonds is 3. The maximum Gasteiger partial charge on any atom is 0.236 e. The number of hydrogen-bond acceptors (Lipinski definition) is 4. The van der Waals surface area contributed by atoms with E-state index in [4.69, 9.17) is 15.4 Å². The number of benzene rings is 1. The van der Waals surface area contributed by atoms with Crippen LogP contribution >= 0.6 is 10.7 Å². The highest BCUT2D eigenvalue weighted by Gasteiger charge is 2.17. The molecule has 0 amide bonds. The summed E-state index contributed by atoms with van der Waals surface area (Å²) in [7, 11) is 1.78. The van der Waals surface area contributed by atoms with Gasteiger partial charge in [0, 0.05) is 29.5 Å². The van der Waals surface area contributed by atoms with Gasteiger partial charge in [0.25, 0.3) is 0 Å². The molecule has 1 heterocycles. The normalized spacial score (nSPS) is 17.1. The zero-order valence-corrected chi connectivity index (χ0v) is 10.9. The van der Waals surface area contributed by atoms with E-state index in [-0.39, 0.29) is 5.75 Å². The highest BCUT2D eigenvalue weighted by atomic mass is 35.7. The molecule has 1 saturated heterocycles. The summed E-state index contributed by atoms with van der Waals surface area (Å²) >= 11 is 0. The number of ether oxygens (including phenoxy) is 1. The lowest BCUT2D eigenvalue weighted by atomic mass is 10.1. The Morgan fingerprint density at radius 3 is 2.53 bits per heavy atom. The zero-order valence-electron chi connectivity index (χ0n) is 9.30. The Morgan fingerprint density at radius 2 is 1.88 bits per heavy atom. The van der Waals surface area contributed by atoms with Crippen LogP contribution in [0.4, 0.5) is 5.69 Å². The summed E-state index contributed by atoms with van der Waals surface area (Å²) in [5, 5.41) is 0. The molecule has 1 aliphatic rings. The fourth-order valence-electron chi connectivity index (χ4n) is 1.93. The summed E-state index contributed by atoms with van der Waals surface area (Å²) in [6.07, 6.45) is 0. The highest BCUT2D eigenvalue weighted by molar-refractivity contribution is 8.13. The Bertz CT molecular complexity index is 483. The number of hydrogen-bond donors (Lipinski definition) is 0. The van der Waals surface area contributed by atoms with Crippen molar-refractivity contribution >= 4 is 25.4 Å². The largest absolute Gasteiger partial charge is 0.378 e. The average Bonchev–Trinajstić information content (AvgIpc) is 2.29. The topological polar surface area (TPSA) is 46.6 Å². The van der Waals surface area contributed by atoms with Crippen molar-refractivity contribution in [1.29, 1.82) is 0 Å². The third kappa shape index (κ3) is 3.59. The van der Waals surface area contributed by atoms with Gasteiger partial charge in [-0.3, -0.25) is 0 Å². The van der Waals surface area contributed by atoms with E-state index >= 15 is 0 Å². The third-order valence-electron chi connectivity index (χ3n) is 2.67. The van der Waals surface area contributed by atoms with E-state index in [1.807, 2.05) is 18.2 Å². The smallest absolute Gasteiger partial charge is 0.236 e. The molecule has 1 fully saturated rings. The second kappa shape index (κ2) is 5.25. The number of anilines is 1. The van der Waals surface area contributed by atoms with Crippen molar-refractivity contribution in [2.24, 2.45) is 0 Å². The minimum Gasteiger partial charge on any atom is -0.378 e. The molecular weight excluding hydrogens is 262 g/mol. The lowest BCUT2D eigenvalue weighted by Gasteiger charge is -2.30. The lowest BCUT2D eigenvalue weighted by molar-refractivity contribution is 0.122. The van der Waals surface area contributed by atoms with Crippen LogP contribution in [-0.2, 0) is 19.5 Å². The molecule has 0 saturated carbocycles. The molecule has 1 aromatic rings. The predicted octanol–water partition coefficient (Wildman–Crippen LogP) is 1.59. The summed E-state index contributed by atoms with van der Waals surface area (Å²) in [4.78, 5) is 2.13. The zero-order chi connectivity index (χ0) is 12.3. The highest BCUT2D eigenvalue weighted by Crippen LogP contribution is 2.24. The van der Waals surface area contributed by atoms with Gasteiger partial charge in [-0.1, -0.05) is 18.2 Å². The first kappa shape index (κ1) is 12.7. The molecular formula is C11H14ClNO3S. The van der Waals surface area contributed by atoms with Crippen molar-refractivity contribution in [3.05, 3.63) is 29.8 Å². The fourth-order valence-corrected chi connectivity index (χ4v) is 2.90. The summed E-state index contributed by atoms with van der Waals surface area (Å²) in [6, 6.07) is 7.43. The summed E-state index contributed by atoms with van der Waals surface area (Å²) in [6.45, 7) is 2.89. The van der Waals surface area contributed by atoms with E-state index < -0.39 is 9.05 Å². The van der Waals surface area contributed by atoms with Crippen LogP contribution in [-0.4, -0.2) is 34.7 Å². The molecule has 6 heteroatoms. The Labute approximate surface area is 106 Å². The molecule has 0 N–H and O–H groups in total. The summed E-state index contributed by atoms with van der Waals surface area (Å²) in [5.41, 5.74) is 1.67. The number of halogens is 1. The van der Waals surface area contributed by atoms with Gasteiger partial charge in [0.1, 0.15) is 0 Å².